The number of hydrogen-bond acceptors (Lipinski definition) is 4. The molecule has 2 N–H and O–H groups in total. The molecule has 1 atom stereocenters. The van der Waals surface area contributed by atoms with Crippen molar-refractivity contribution >= 4 is 17.5 Å². The summed E-state index contributed by atoms with van der Waals surface area (Å²) in [4.78, 5) is 11.8. The van der Waals surface area contributed by atoms with Gasteiger partial charge in [-0.1, -0.05) is 11.6 Å². The normalized spacial score (nSPS) is 23.3. The minimum atomic E-state index is -0.834. The zero-order chi connectivity index (χ0) is 13.9. The number of rotatable bonds is 4. The summed E-state index contributed by atoms with van der Waals surface area (Å²) in [6.07, 6.45) is 3.58. The number of carbonyl (C=O) groups is 1. The molecule has 1 aliphatic rings. The molecule has 0 spiro atoms. The van der Waals surface area contributed by atoms with Crippen molar-refractivity contribution in [2.24, 2.45) is 7.05 Å². The van der Waals surface area contributed by atoms with Gasteiger partial charge in [0.1, 0.15) is 0 Å². The Kier molecular flexibility index (Phi) is 4.44. The number of ether oxygens (including phenoxy) is 1. The lowest BCUT2D eigenvalue weighted by molar-refractivity contribution is -0.0887. The van der Waals surface area contributed by atoms with Gasteiger partial charge < -0.3 is 15.2 Å². The average Bonchev–Trinajstić information content (AvgIpc) is 2.69. The highest BCUT2D eigenvalue weighted by Crippen LogP contribution is 2.22. The van der Waals surface area contributed by atoms with E-state index in [4.69, 9.17) is 16.3 Å². The summed E-state index contributed by atoms with van der Waals surface area (Å²) in [7, 11) is 1.70. The predicted octanol–water partition coefficient (Wildman–Crippen LogP) is 0.735. The molecule has 19 heavy (non-hydrogen) atoms. The van der Waals surface area contributed by atoms with Crippen LogP contribution in [0.1, 0.15) is 29.8 Å². The number of hydrogen-bond donors (Lipinski definition) is 2. The molecule has 1 fully saturated rings. The number of aryl methyl sites for hydroxylation is 1. The second kappa shape index (κ2) is 5.90. The van der Waals surface area contributed by atoms with Crippen LogP contribution in [0.4, 0.5) is 0 Å². The van der Waals surface area contributed by atoms with Crippen LogP contribution in [0.5, 0.6) is 0 Å². The molecule has 6 nitrogen and oxygen atoms in total. The van der Waals surface area contributed by atoms with E-state index in [2.05, 4.69) is 10.4 Å². The third-order valence-electron chi connectivity index (χ3n) is 3.18. The fourth-order valence-corrected chi connectivity index (χ4v) is 2.41. The molecule has 1 amide bonds. The molecule has 2 heterocycles. The molecule has 0 aromatic carbocycles. The van der Waals surface area contributed by atoms with Crippen LogP contribution in [0.15, 0.2) is 6.20 Å². The maximum Gasteiger partial charge on any atom is 0.273 e. The van der Waals surface area contributed by atoms with Crippen molar-refractivity contribution in [1.82, 2.24) is 15.1 Å². The lowest BCUT2D eigenvalue weighted by Crippen LogP contribution is -2.41. The van der Waals surface area contributed by atoms with E-state index in [1.807, 2.05) is 0 Å². The molecule has 1 aromatic rings. The maximum absolute atomic E-state index is 11.8. The quantitative estimate of drug-likeness (QED) is 0.856. The molecule has 1 saturated heterocycles. The second-order valence-corrected chi connectivity index (χ2v) is 5.29. The molecule has 1 aromatic heterocycles. The first kappa shape index (κ1) is 14.3. The molecule has 0 aliphatic carbocycles. The SMILES string of the molecule is Cn1cc(Cl)c(C(=O)NCCC2(O)CCCOC2)n1. The summed E-state index contributed by atoms with van der Waals surface area (Å²) in [5.41, 5.74) is -0.629. The van der Waals surface area contributed by atoms with Gasteiger partial charge in [0.25, 0.3) is 5.91 Å². The van der Waals surface area contributed by atoms with Crippen molar-refractivity contribution in [1.29, 1.82) is 0 Å². The monoisotopic (exact) mass is 287 g/mol. The van der Waals surface area contributed by atoms with Gasteiger partial charge in [0, 0.05) is 26.4 Å². The van der Waals surface area contributed by atoms with Crippen molar-refractivity contribution in [2.45, 2.75) is 24.9 Å². The standard InChI is InChI=1S/C12H18ClN3O3/c1-16-7-9(13)10(15-16)11(17)14-5-4-12(18)3-2-6-19-8-12/h7,18H,2-6,8H2,1H3,(H,14,17). The molecular weight excluding hydrogens is 270 g/mol. The summed E-state index contributed by atoms with van der Waals surface area (Å²) in [6.45, 7) is 1.39. The van der Waals surface area contributed by atoms with E-state index in [1.165, 1.54) is 4.68 Å². The van der Waals surface area contributed by atoms with E-state index in [0.717, 1.165) is 6.42 Å². The Balaban J connectivity index is 1.82. The Bertz CT molecular complexity index is 455. The minimum absolute atomic E-state index is 0.205. The van der Waals surface area contributed by atoms with Crippen LogP contribution in [-0.4, -0.2) is 46.2 Å². The zero-order valence-electron chi connectivity index (χ0n) is 10.9. The maximum atomic E-state index is 11.8. The van der Waals surface area contributed by atoms with Crippen LogP contribution in [0.2, 0.25) is 5.02 Å². The smallest absolute Gasteiger partial charge is 0.273 e. The van der Waals surface area contributed by atoms with Crippen molar-refractivity contribution in [3.63, 3.8) is 0 Å². The Morgan fingerprint density at radius 1 is 1.74 bits per heavy atom. The van der Waals surface area contributed by atoms with Gasteiger partial charge in [0.2, 0.25) is 0 Å². The lowest BCUT2D eigenvalue weighted by Gasteiger charge is -2.31. The summed E-state index contributed by atoms with van der Waals surface area (Å²) in [6, 6.07) is 0. The molecular formula is C12H18ClN3O3. The van der Waals surface area contributed by atoms with Crippen LogP contribution in [-0.2, 0) is 11.8 Å². The van der Waals surface area contributed by atoms with E-state index in [0.29, 0.717) is 37.6 Å². The Morgan fingerprint density at radius 3 is 3.11 bits per heavy atom. The van der Waals surface area contributed by atoms with E-state index in [9.17, 15) is 9.90 Å². The number of nitrogens with zero attached hydrogens (tertiary/aromatic N) is 2. The summed E-state index contributed by atoms with van der Waals surface area (Å²) < 4.78 is 6.74. The second-order valence-electron chi connectivity index (χ2n) is 4.89. The molecule has 1 unspecified atom stereocenters. The summed E-state index contributed by atoms with van der Waals surface area (Å²) in [5.74, 6) is -0.328. The Hall–Kier alpha value is -1.11. The van der Waals surface area contributed by atoms with Crippen molar-refractivity contribution in [2.75, 3.05) is 19.8 Å². The Labute approximate surface area is 116 Å². The van der Waals surface area contributed by atoms with E-state index < -0.39 is 5.60 Å². The number of amides is 1. The van der Waals surface area contributed by atoms with Gasteiger partial charge in [0.05, 0.1) is 17.2 Å². The lowest BCUT2D eigenvalue weighted by atomic mass is 9.93. The van der Waals surface area contributed by atoms with Gasteiger partial charge in [-0.25, -0.2) is 0 Å². The fourth-order valence-electron chi connectivity index (χ4n) is 2.14. The highest BCUT2D eigenvalue weighted by Gasteiger charge is 2.29. The van der Waals surface area contributed by atoms with Crippen molar-refractivity contribution in [3.8, 4) is 0 Å². The average molecular weight is 288 g/mol. The van der Waals surface area contributed by atoms with Gasteiger partial charge in [-0.15, -0.1) is 0 Å². The first-order chi connectivity index (χ1) is 9.00. The van der Waals surface area contributed by atoms with Gasteiger partial charge in [-0.05, 0) is 19.3 Å². The van der Waals surface area contributed by atoms with Crippen LogP contribution >= 0.6 is 11.6 Å². The van der Waals surface area contributed by atoms with Gasteiger partial charge in [0.15, 0.2) is 5.69 Å². The third kappa shape index (κ3) is 3.68. The Morgan fingerprint density at radius 2 is 2.53 bits per heavy atom. The van der Waals surface area contributed by atoms with E-state index >= 15 is 0 Å². The van der Waals surface area contributed by atoms with Crippen LogP contribution in [0, 0.1) is 0 Å². The van der Waals surface area contributed by atoms with Gasteiger partial charge in [-0.3, -0.25) is 9.48 Å². The molecule has 0 bridgehead atoms. The first-order valence-corrected chi connectivity index (χ1v) is 6.65. The van der Waals surface area contributed by atoms with Gasteiger partial charge in [-0.2, -0.15) is 5.10 Å². The molecule has 7 heteroatoms. The van der Waals surface area contributed by atoms with E-state index in [1.54, 1.807) is 13.2 Å². The van der Waals surface area contributed by atoms with Crippen LogP contribution < -0.4 is 5.32 Å². The minimum Gasteiger partial charge on any atom is -0.387 e. The van der Waals surface area contributed by atoms with Gasteiger partial charge >= 0.3 is 0 Å². The third-order valence-corrected chi connectivity index (χ3v) is 3.45. The first-order valence-electron chi connectivity index (χ1n) is 6.28. The zero-order valence-corrected chi connectivity index (χ0v) is 11.6. The van der Waals surface area contributed by atoms with E-state index in [-0.39, 0.29) is 11.6 Å². The summed E-state index contributed by atoms with van der Waals surface area (Å²) in [5, 5.41) is 17.2. The number of aliphatic hydroxyl groups is 1. The number of aromatic nitrogens is 2. The number of halogens is 1. The topological polar surface area (TPSA) is 76.4 Å². The highest BCUT2D eigenvalue weighted by molar-refractivity contribution is 6.33. The molecule has 106 valence electrons. The largest absolute Gasteiger partial charge is 0.387 e. The molecule has 0 radical (unpaired) electrons. The van der Waals surface area contributed by atoms with Crippen LogP contribution in [0.25, 0.3) is 0 Å². The van der Waals surface area contributed by atoms with Crippen molar-refractivity contribution < 1.29 is 14.6 Å². The number of nitrogens with one attached hydrogen (secondary N) is 1. The van der Waals surface area contributed by atoms with Crippen LogP contribution in [0.3, 0.4) is 0 Å². The summed E-state index contributed by atoms with van der Waals surface area (Å²) >= 11 is 5.88. The predicted molar refractivity (Wildman–Crippen MR) is 70.2 cm³/mol. The number of carbonyl (C=O) groups excluding carboxylic acids is 1. The van der Waals surface area contributed by atoms with Crippen molar-refractivity contribution in [3.05, 3.63) is 16.9 Å². The highest BCUT2D eigenvalue weighted by atomic mass is 35.5. The fraction of sp³-hybridized carbons (Fsp3) is 0.667. The molecule has 0 saturated carbocycles. The molecule has 2 rings (SSSR count). The molecule has 1 aliphatic heterocycles.